The van der Waals surface area contributed by atoms with Crippen molar-refractivity contribution >= 4 is 6.21 Å². The highest BCUT2D eigenvalue weighted by atomic mass is 16.5. The van der Waals surface area contributed by atoms with Gasteiger partial charge in [-0.05, 0) is 18.9 Å². The Kier molecular flexibility index (Phi) is 2.74. The van der Waals surface area contributed by atoms with E-state index in [9.17, 15) is 0 Å². The minimum absolute atomic E-state index is 0.192. The number of dihydropyridines is 1. The van der Waals surface area contributed by atoms with Crippen LogP contribution in [0.3, 0.4) is 0 Å². The van der Waals surface area contributed by atoms with Gasteiger partial charge in [-0.2, -0.15) is 5.26 Å². The lowest BCUT2D eigenvalue weighted by Crippen LogP contribution is -2.37. The van der Waals surface area contributed by atoms with Gasteiger partial charge in [0.15, 0.2) is 6.04 Å². The molecule has 0 saturated heterocycles. The fourth-order valence-electron chi connectivity index (χ4n) is 1.61. The van der Waals surface area contributed by atoms with Gasteiger partial charge in [0.25, 0.3) is 0 Å². The third kappa shape index (κ3) is 2.18. The number of ether oxygens (including phenoxy) is 1. The molecule has 1 fully saturated rings. The number of likely N-dealkylation sites (N-methyl/N-ethyl adjacent to an activating group) is 1. The van der Waals surface area contributed by atoms with Crippen molar-refractivity contribution in [2.24, 2.45) is 4.99 Å². The maximum absolute atomic E-state index is 9.00. The Labute approximate surface area is 89.8 Å². The Hall–Kier alpha value is -1.34. The number of nitrogens with zero attached hydrogens (tertiary/aromatic N) is 3. The van der Waals surface area contributed by atoms with Gasteiger partial charge in [0, 0.05) is 26.0 Å². The van der Waals surface area contributed by atoms with Crippen molar-refractivity contribution in [2.75, 3.05) is 14.1 Å². The van der Waals surface area contributed by atoms with Crippen molar-refractivity contribution < 1.29 is 4.74 Å². The Bertz CT molecular complexity index is 336. The summed E-state index contributed by atoms with van der Waals surface area (Å²) < 4.78 is 5.83. The number of hydrogen-bond donors (Lipinski definition) is 0. The molecular formula is C11H15N3O. The first-order chi connectivity index (χ1) is 7.22. The summed E-state index contributed by atoms with van der Waals surface area (Å²) in [6, 6.07) is 1.79. The van der Waals surface area contributed by atoms with Crippen LogP contribution >= 0.6 is 0 Å². The number of aliphatic imine (C=N–C) groups is 1. The van der Waals surface area contributed by atoms with Crippen LogP contribution in [-0.4, -0.2) is 43.5 Å². The van der Waals surface area contributed by atoms with Crippen molar-refractivity contribution in [3.8, 4) is 6.07 Å². The van der Waals surface area contributed by atoms with Gasteiger partial charge in [-0.1, -0.05) is 0 Å². The zero-order valence-corrected chi connectivity index (χ0v) is 9.05. The summed E-state index contributed by atoms with van der Waals surface area (Å²) in [6.45, 7) is 0. The van der Waals surface area contributed by atoms with Gasteiger partial charge in [-0.3, -0.25) is 4.99 Å². The standard InChI is InChI=1S/C11H15N3O/c1-14(2)10-5-6-13-9(7-12)11(10)15-8-3-4-8/h5-6,8-9,11H,3-4H2,1-2H3. The number of nitriles is 1. The molecule has 15 heavy (non-hydrogen) atoms. The van der Waals surface area contributed by atoms with Crippen LogP contribution in [0.1, 0.15) is 12.8 Å². The molecule has 0 bridgehead atoms. The van der Waals surface area contributed by atoms with Gasteiger partial charge in [0.05, 0.1) is 12.2 Å². The normalized spacial score (nSPS) is 29.5. The molecule has 4 heteroatoms. The molecule has 0 amide bonds. The van der Waals surface area contributed by atoms with Gasteiger partial charge in [0.2, 0.25) is 0 Å². The fourth-order valence-corrected chi connectivity index (χ4v) is 1.61. The lowest BCUT2D eigenvalue weighted by Gasteiger charge is -2.29. The Morgan fingerprint density at radius 2 is 2.27 bits per heavy atom. The largest absolute Gasteiger partial charge is 0.379 e. The smallest absolute Gasteiger partial charge is 0.168 e. The molecule has 2 unspecified atom stereocenters. The zero-order chi connectivity index (χ0) is 10.8. The second-order valence-electron chi connectivity index (χ2n) is 4.11. The predicted molar refractivity (Wildman–Crippen MR) is 57.6 cm³/mol. The highest BCUT2D eigenvalue weighted by Crippen LogP contribution is 2.30. The SMILES string of the molecule is CN(C)C1=CC=NC(C#N)C1OC1CC1. The maximum Gasteiger partial charge on any atom is 0.168 e. The van der Waals surface area contributed by atoms with Gasteiger partial charge in [0.1, 0.15) is 6.10 Å². The predicted octanol–water partition coefficient (Wildman–Crippen LogP) is 0.956. The van der Waals surface area contributed by atoms with Crippen LogP contribution in [0, 0.1) is 11.3 Å². The van der Waals surface area contributed by atoms with E-state index in [1.807, 2.05) is 25.1 Å². The van der Waals surface area contributed by atoms with Crippen LogP contribution in [0.5, 0.6) is 0 Å². The van der Waals surface area contributed by atoms with Crippen LogP contribution in [0.15, 0.2) is 16.8 Å². The Balaban J connectivity index is 2.15. The lowest BCUT2D eigenvalue weighted by molar-refractivity contribution is 0.0428. The van der Waals surface area contributed by atoms with E-state index in [-0.39, 0.29) is 6.10 Å². The van der Waals surface area contributed by atoms with E-state index in [4.69, 9.17) is 10.00 Å². The van der Waals surface area contributed by atoms with Crippen LogP contribution in [0.4, 0.5) is 0 Å². The van der Waals surface area contributed by atoms with Crippen molar-refractivity contribution in [2.45, 2.75) is 31.1 Å². The molecule has 0 radical (unpaired) electrons. The molecule has 4 nitrogen and oxygen atoms in total. The molecule has 0 aromatic rings. The van der Waals surface area contributed by atoms with Crippen molar-refractivity contribution in [1.82, 2.24) is 4.90 Å². The number of hydrogen-bond acceptors (Lipinski definition) is 4. The molecule has 0 spiro atoms. The number of rotatable bonds is 3. The molecule has 2 rings (SSSR count). The second kappa shape index (κ2) is 4.03. The number of allylic oxidation sites excluding steroid dienone is 1. The van der Waals surface area contributed by atoms with E-state index in [1.54, 1.807) is 6.21 Å². The van der Waals surface area contributed by atoms with E-state index in [1.165, 1.54) is 0 Å². The summed E-state index contributed by atoms with van der Waals surface area (Å²) >= 11 is 0. The van der Waals surface area contributed by atoms with Gasteiger partial charge in [-0.25, -0.2) is 0 Å². The van der Waals surface area contributed by atoms with E-state index in [0.29, 0.717) is 6.10 Å². The molecule has 1 aliphatic heterocycles. The molecule has 0 aromatic carbocycles. The summed E-state index contributed by atoms with van der Waals surface area (Å²) in [7, 11) is 3.92. The van der Waals surface area contributed by atoms with Gasteiger partial charge < -0.3 is 9.64 Å². The quantitative estimate of drug-likeness (QED) is 0.689. The van der Waals surface area contributed by atoms with Crippen molar-refractivity contribution in [3.05, 3.63) is 11.8 Å². The average Bonchev–Trinajstić information content (AvgIpc) is 3.01. The molecule has 1 aliphatic carbocycles. The van der Waals surface area contributed by atoms with Crippen LogP contribution in [-0.2, 0) is 4.74 Å². The molecule has 80 valence electrons. The van der Waals surface area contributed by atoms with E-state index >= 15 is 0 Å². The highest BCUT2D eigenvalue weighted by Gasteiger charge is 2.34. The average molecular weight is 205 g/mol. The second-order valence-corrected chi connectivity index (χ2v) is 4.11. The summed E-state index contributed by atoms with van der Waals surface area (Å²) in [6.07, 6.45) is 5.97. The zero-order valence-electron chi connectivity index (χ0n) is 9.05. The molecule has 2 aliphatic rings. The molecule has 1 heterocycles. The van der Waals surface area contributed by atoms with Gasteiger partial charge >= 0.3 is 0 Å². The fraction of sp³-hybridized carbons (Fsp3) is 0.636. The summed E-state index contributed by atoms with van der Waals surface area (Å²) in [4.78, 5) is 6.12. The van der Waals surface area contributed by atoms with Crippen molar-refractivity contribution in [1.29, 1.82) is 5.26 Å². The molecule has 0 N–H and O–H groups in total. The van der Waals surface area contributed by atoms with Crippen LogP contribution in [0.2, 0.25) is 0 Å². The van der Waals surface area contributed by atoms with Crippen molar-refractivity contribution in [3.63, 3.8) is 0 Å². The maximum atomic E-state index is 9.00. The third-order valence-corrected chi connectivity index (χ3v) is 2.58. The first-order valence-electron chi connectivity index (χ1n) is 5.18. The summed E-state index contributed by atoms with van der Waals surface area (Å²) in [5.41, 5.74) is 1.03. The molecular weight excluding hydrogens is 190 g/mol. The topological polar surface area (TPSA) is 48.6 Å². The summed E-state index contributed by atoms with van der Waals surface area (Å²) in [5, 5.41) is 9.00. The Morgan fingerprint density at radius 1 is 1.53 bits per heavy atom. The minimum atomic E-state index is -0.395. The van der Waals surface area contributed by atoms with E-state index < -0.39 is 6.04 Å². The monoisotopic (exact) mass is 205 g/mol. The van der Waals surface area contributed by atoms with Gasteiger partial charge in [-0.15, -0.1) is 0 Å². The first kappa shape index (κ1) is 10.2. The van der Waals surface area contributed by atoms with Crippen LogP contribution in [0.25, 0.3) is 0 Å². The molecule has 1 saturated carbocycles. The van der Waals surface area contributed by atoms with E-state index in [2.05, 4.69) is 11.1 Å². The highest BCUT2D eigenvalue weighted by molar-refractivity contribution is 5.74. The third-order valence-electron chi connectivity index (χ3n) is 2.58. The first-order valence-corrected chi connectivity index (χ1v) is 5.18. The van der Waals surface area contributed by atoms with Crippen LogP contribution < -0.4 is 0 Å². The Morgan fingerprint density at radius 3 is 2.80 bits per heavy atom. The summed E-state index contributed by atoms with van der Waals surface area (Å²) in [5.74, 6) is 0. The molecule has 2 atom stereocenters. The van der Waals surface area contributed by atoms with E-state index in [0.717, 1.165) is 18.5 Å². The minimum Gasteiger partial charge on any atom is -0.379 e. The molecule has 0 aromatic heterocycles. The lowest BCUT2D eigenvalue weighted by atomic mass is 10.1.